The lowest BCUT2D eigenvalue weighted by molar-refractivity contribution is -0.870. The Hall–Kier alpha value is -2.29. The van der Waals surface area contributed by atoms with E-state index in [4.69, 9.17) is 18.5 Å². The van der Waals surface area contributed by atoms with Crippen LogP contribution in [-0.4, -0.2) is 74.9 Å². The summed E-state index contributed by atoms with van der Waals surface area (Å²) >= 11 is 0. The molecule has 0 aromatic rings. The number of likely N-dealkylation sites (N-methyl/N-ethyl adjacent to an activating group) is 1. The maximum Gasteiger partial charge on any atom is 0.472 e. The van der Waals surface area contributed by atoms with Gasteiger partial charge in [0.05, 0.1) is 27.7 Å². The van der Waals surface area contributed by atoms with Gasteiger partial charge in [-0.2, -0.15) is 0 Å². The van der Waals surface area contributed by atoms with Crippen molar-refractivity contribution in [3.05, 3.63) is 60.8 Å². The van der Waals surface area contributed by atoms with E-state index in [2.05, 4.69) is 68.5 Å². The van der Waals surface area contributed by atoms with Gasteiger partial charge in [-0.25, -0.2) is 4.57 Å². The van der Waals surface area contributed by atoms with Crippen molar-refractivity contribution in [2.75, 3.05) is 47.5 Å². The molecule has 0 radical (unpaired) electrons. The van der Waals surface area contributed by atoms with E-state index in [1.54, 1.807) is 0 Å². The fourth-order valence-corrected chi connectivity index (χ4v) is 5.32. The number of phosphoric ester groups is 1. The van der Waals surface area contributed by atoms with Crippen LogP contribution in [0.5, 0.6) is 0 Å². The van der Waals surface area contributed by atoms with Gasteiger partial charge in [0, 0.05) is 12.8 Å². The van der Waals surface area contributed by atoms with Crippen LogP contribution in [0.4, 0.5) is 0 Å². The van der Waals surface area contributed by atoms with E-state index in [-0.39, 0.29) is 26.1 Å². The summed E-state index contributed by atoms with van der Waals surface area (Å²) < 4.78 is 34.0. The molecule has 0 aliphatic carbocycles. The van der Waals surface area contributed by atoms with Crippen molar-refractivity contribution in [3.8, 4) is 0 Å². The SMILES string of the molecule is CC/C=C/C/C=C/C/C=C/C/C=C/C/C=C/CCCC(=O)O[C@H](COC(=O)CCCCCCCCCCC)COP(=O)(O)OCC[N+](C)(C)C. The van der Waals surface area contributed by atoms with Gasteiger partial charge in [-0.15, -0.1) is 0 Å². The third-order valence-electron chi connectivity index (χ3n) is 7.56. The highest BCUT2D eigenvalue weighted by Gasteiger charge is 2.27. The molecular weight excluding hydrogens is 653 g/mol. The molecule has 0 rings (SSSR count). The first-order valence-corrected chi connectivity index (χ1v) is 20.5. The molecule has 0 saturated carbocycles. The molecule has 288 valence electrons. The number of phosphoric acid groups is 1. The average molecular weight is 725 g/mol. The fourth-order valence-electron chi connectivity index (χ4n) is 4.58. The highest BCUT2D eigenvalue weighted by molar-refractivity contribution is 7.47. The Labute approximate surface area is 305 Å². The summed E-state index contributed by atoms with van der Waals surface area (Å²) in [6.07, 6.45) is 37.1. The zero-order chi connectivity index (χ0) is 37.2. The highest BCUT2D eigenvalue weighted by atomic mass is 31.2. The van der Waals surface area contributed by atoms with E-state index < -0.39 is 32.5 Å². The zero-order valence-electron chi connectivity index (χ0n) is 32.1. The van der Waals surface area contributed by atoms with Crippen molar-refractivity contribution >= 4 is 19.8 Å². The predicted molar refractivity (Wildman–Crippen MR) is 206 cm³/mol. The highest BCUT2D eigenvalue weighted by Crippen LogP contribution is 2.43. The van der Waals surface area contributed by atoms with Gasteiger partial charge in [-0.1, -0.05) is 126 Å². The van der Waals surface area contributed by atoms with E-state index >= 15 is 0 Å². The molecule has 0 aromatic carbocycles. The van der Waals surface area contributed by atoms with E-state index in [0.717, 1.165) is 51.4 Å². The summed E-state index contributed by atoms with van der Waals surface area (Å²) in [6.45, 7) is 4.18. The molecular formula is C40H71NO8P+. The summed E-state index contributed by atoms with van der Waals surface area (Å²) in [6, 6.07) is 0. The number of esters is 2. The van der Waals surface area contributed by atoms with Gasteiger partial charge in [0.15, 0.2) is 6.10 Å². The molecule has 0 bridgehead atoms. The number of carbonyl (C=O) groups is 2. The van der Waals surface area contributed by atoms with E-state index in [0.29, 0.717) is 23.9 Å². The summed E-state index contributed by atoms with van der Waals surface area (Å²) in [5, 5.41) is 0. The number of ether oxygens (including phenoxy) is 2. The lowest BCUT2D eigenvalue weighted by Crippen LogP contribution is -2.37. The minimum atomic E-state index is -4.38. The van der Waals surface area contributed by atoms with Crippen LogP contribution in [0.15, 0.2) is 60.8 Å². The van der Waals surface area contributed by atoms with Gasteiger partial charge >= 0.3 is 19.8 Å². The Kier molecular flexibility index (Phi) is 31.1. The molecule has 0 spiro atoms. The lowest BCUT2D eigenvalue weighted by Gasteiger charge is -2.24. The number of rotatable bonds is 33. The number of nitrogens with zero attached hydrogens (tertiary/aromatic N) is 1. The normalized spacial score (nSPS) is 14.4. The first-order chi connectivity index (χ1) is 24.0. The molecule has 0 fully saturated rings. The third kappa shape index (κ3) is 35.5. The predicted octanol–water partition coefficient (Wildman–Crippen LogP) is 10.1. The Morgan fingerprint density at radius 2 is 1.14 bits per heavy atom. The fraction of sp³-hybridized carbons (Fsp3) is 0.700. The number of hydrogen-bond acceptors (Lipinski definition) is 7. The monoisotopic (exact) mass is 724 g/mol. The minimum Gasteiger partial charge on any atom is -0.462 e. The Morgan fingerprint density at radius 3 is 1.68 bits per heavy atom. The van der Waals surface area contributed by atoms with Crippen LogP contribution in [-0.2, 0) is 32.7 Å². The molecule has 1 N–H and O–H groups in total. The average Bonchev–Trinajstić information content (AvgIpc) is 3.06. The van der Waals surface area contributed by atoms with Crippen molar-refractivity contribution in [3.63, 3.8) is 0 Å². The summed E-state index contributed by atoms with van der Waals surface area (Å²) in [7, 11) is 1.43. The number of hydrogen-bond donors (Lipinski definition) is 1. The first kappa shape index (κ1) is 47.7. The molecule has 2 atom stereocenters. The van der Waals surface area contributed by atoms with Crippen molar-refractivity contribution in [1.29, 1.82) is 0 Å². The molecule has 0 aliphatic heterocycles. The topological polar surface area (TPSA) is 108 Å². The van der Waals surface area contributed by atoms with Crippen LogP contribution >= 0.6 is 7.82 Å². The minimum absolute atomic E-state index is 0.0191. The molecule has 1 unspecified atom stereocenters. The van der Waals surface area contributed by atoms with Gasteiger partial charge in [0.1, 0.15) is 19.8 Å². The van der Waals surface area contributed by atoms with E-state index in [9.17, 15) is 19.0 Å². The standard InChI is InChI=1S/C40H70NO8P/c1-6-8-10-12-14-16-17-18-19-20-21-22-23-25-27-29-31-33-40(43)49-38(37-48-50(44,45)47-35-34-41(3,4)5)36-46-39(42)32-30-28-26-24-15-13-11-9-7-2/h8,10,14,16,18-19,21-22,25,27,38H,6-7,9,11-13,15,17,20,23-24,26,28-37H2,1-5H3/p+1/b10-8+,16-14+,19-18+,22-21+,27-25+/t38-/m1/s1. The second-order valence-corrected chi connectivity index (χ2v) is 15.0. The number of allylic oxidation sites excluding steroid dienone is 10. The Bertz CT molecular complexity index is 1040. The number of unbranched alkanes of at least 4 members (excludes halogenated alkanes) is 9. The maximum atomic E-state index is 12.6. The quantitative estimate of drug-likeness (QED) is 0.0234. The van der Waals surface area contributed by atoms with Gasteiger partial charge in [-0.05, 0) is 51.4 Å². The third-order valence-corrected chi connectivity index (χ3v) is 8.55. The molecule has 0 amide bonds. The van der Waals surface area contributed by atoms with Crippen molar-refractivity contribution < 1.29 is 42.1 Å². The second kappa shape index (κ2) is 32.6. The van der Waals surface area contributed by atoms with Crippen LogP contribution in [0.25, 0.3) is 0 Å². The first-order valence-electron chi connectivity index (χ1n) is 19.0. The Balaban J connectivity index is 4.55. The second-order valence-electron chi connectivity index (χ2n) is 13.6. The largest absolute Gasteiger partial charge is 0.472 e. The van der Waals surface area contributed by atoms with Gasteiger partial charge in [-0.3, -0.25) is 18.6 Å². The van der Waals surface area contributed by atoms with Gasteiger partial charge in [0.25, 0.3) is 0 Å². The van der Waals surface area contributed by atoms with Crippen molar-refractivity contribution in [1.82, 2.24) is 0 Å². The summed E-state index contributed by atoms with van der Waals surface area (Å²) in [4.78, 5) is 35.1. The van der Waals surface area contributed by atoms with Crippen molar-refractivity contribution in [2.24, 2.45) is 0 Å². The van der Waals surface area contributed by atoms with Crippen LogP contribution in [0.2, 0.25) is 0 Å². The maximum absolute atomic E-state index is 12.6. The smallest absolute Gasteiger partial charge is 0.462 e. The number of quaternary nitrogens is 1. The van der Waals surface area contributed by atoms with E-state index in [1.807, 2.05) is 27.2 Å². The summed E-state index contributed by atoms with van der Waals surface area (Å²) in [5.74, 6) is -0.876. The number of carbonyl (C=O) groups excluding carboxylic acids is 2. The lowest BCUT2D eigenvalue weighted by atomic mass is 10.1. The van der Waals surface area contributed by atoms with Gasteiger partial charge in [0.2, 0.25) is 0 Å². The van der Waals surface area contributed by atoms with Crippen LogP contribution in [0.1, 0.15) is 129 Å². The molecule has 10 heteroatoms. The molecule has 0 heterocycles. The zero-order valence-corrected chi connectivity index (χ0v) is 33.0. The molecule has 0 aliphatic rings. The molecule has 0 saturated heterocycles. The van der Waals surface area contributed by atoms with Crippen LogP contribution in [0, 0.1) is 0 Å². The summed E-state index contributed by atoms with van der Waals surface area (Å²) in [5.41, 5.74) is 0. The van der Waals surface area contributed by atoms with Crippen molar-refractivity contribution in [2.45, 2.75) is 136 Å². The van der Waals surface area contributed by atoms with Gasteiger partial charge < -0.3 is 18.9 Å². The Morgan fingerprint density at radius 1 is 0.640 bits per heavy atom. The van der Waals surface area contributed by atoms with Crippen LogP contribution in [0.3, 0.4) is 0 Å². The molecule has 50 heavy (non-hydrogen) atoms. The van der Waals surface area contributed by atoms with E-state index in [1.165, 1.54) is 38.5 Å². The molecule has 0 aromatic heterocycles. The molecule has 9 nitrogen and oxygen atoms in total. The van der Waals surface area contributed by atoms with Crippen LogP contribution < -0.4 is 0 Å².